The van der Waals surface area contributed by atoms with Crippen LogP contribution in [0.25, 0.3) is 6.08 Å². The zero-order chi connectivity index (χ0) is 12.2. The Hall–Kier alpha value is -1.22. The highest BCUT2D eigenvalue weighted by atomic mass is 32.2. The maximum Gasteiger partial charge on any atom is 0.144 e. The topological polar surface area (TPSA) is 29.4 Å². The van der Waals surface area contributed by atoms with Gasteiger partial charge in [0.25, 0.3) is 0 Å². The largest absolute Gasteiger partial charge is 0.234 e. The van der Waals surface area contributed by atoms with Crippen LogP contribution in [0.5, 0.6) is 0 Å². The van der Waals surface area contributed by atoms with Gasteiger partial charge in [0.1, 0.15) is 11.0 Å². The second-order valence-corrected chi connectivity index (χ2v) is 6.36. The van der Waals surface area contributed by atoms with Gasteiger partial charge in [0, 0.05) is 11.8 Å². The Bertz CT molecular complexity index is 430. The Morgan fingerprint density at radius 2 is 1.81 bits per heavy atom. The Labute approximate surface area is 99.7 Å². The first-order valence-corrected chi connectivity index (χ1v) is 6.23. The summed E-state index contributed by atoms with van der Waals surface area (Å²) in [6.07, 6.45) is 3.42. The first-order chi connectivity index (χ1) is 7.45. The SMILES string of the molecule is C=Cc1ccccc1/C=N/S(=O)C(C)(C)C. The lowest BCUT2D eigenvalue weighted by atomic mass is 10.1. The normalized spacial score (nSPS) is 13.9. The molecule has 1 unspecified atom stereocenters. The summed E-state index contributed by atoms with van der Waals surface area (Å²) < 4.78 is 15.5. The lowest BCUT2D eigenvalue weighted by molar-refractivity contribution is 0.651. The minimum atomic E-state index is -1.21. The quantitative estimate of drug-likeness (QED) is 0.740. The fourth-order valence-corrected chi connectivity index (χ4v) is 1.60. The van der Waals surface area contributed by atoms with Crippen LogP contribution in [0.4, 0.5) is 0 Å². The molecule has 16 heavy (non-hydrogen) atoms. The van der Waals surface area contributed by atoms with Crippen LogP contribution in [0.2, 0.25) is 0 Å². The molecule has 0 radical (unpaired) electrons. The fourth-order valence-electron chi connectivity index (χ4n) is 1.08. The van der Waals surface area contributed by atoms with E-state index < -0.39 is 11.0 Å². The molecule has 1 rings (SSSR count). The molecule has 86 valence electrons. The van der Waals surface area contributed by atoms with E-state index in [2.05, 4.69) is 11.0 Å². The molecule has 0 amide bonds. The average Bonchev–Trinajstić information content (AvgIpc) is 2.24. The van der Waals surface area contributed by atoms with E-state index in [9.17, 15) is 4.21 Å². The van der Waals surface area contributed by atoms with Crippen LogP contribution in [0.3, 0.4) is 0 Å². The second-order valence-electron chi connectivity index (χ2n) is 4.43. The smallest absolute Gasteiger partial charge is 0.144 e. The van der Waals surface area contributed by atoms with Gasteiger partial charge in [-0.15, -0.1) is 0 Å². The molecule has 0 aliphatic rings. The Kier molecular flexibility index (Phi) is 4.19. The van der Waals surface area contributed by atoms with Crippen molar-refractivity contribution in [1.82, 2.24) is 0 Å². The molecule has 0 fully saturated rings. The van der Waals surface area contributed by atoms with E-state index in [1.807, 2.05) is 45.0 Å². The number of hydrogen-bond donors (Lipinski definition) is 0. The van der Waals surface area contributed by atoms with Crippen molar-refractivity contribution in [3.05, 3.63) is 42.0 Å². The van der Waals surface area contributed by atoms with Gasteiger partial charge in [-0.1, -0.05) is 36.9 Å². The molecule has 0 heterocycles. The predicted octanol–water partition coefficient (Wildman–Crippen LogP) is 3.21. The number of hydrogen-bond acceptors (Lipinski definition) is 1. The van der Waals surface area contributed by atoms with E-state index in [1.165, 1.54) is 0 Å². The maximum absolute atomic E-state index is 11.7. The van der Waals surface area contributed by atoms with Crippen LogP contribution < -0.4 is 0 Å². The van der Waals surface area contributed by atoms with E-state index >= 15 is 0 Å². The highest BCUT2D eigenvalue weighted by molar-refractivity contribution is 7.85. The first kappa shape index (κ1) is 12.8. The second kappa shape index (κ2) is 5.21. The van der Waals surface area contributed by atoms with Crippen molar-refractivity contribution < 1.29 is 4.21 Å². The minimum Gasteiger partial charge on any atom is -0.234 e. The predicted molar refractivity (Wildman–Crippen MR) is 72.0 cm³/mol. The molecule has 0 aliphatic heterocycles. The van der Waals surface area contributed by atoms with Gasteiger partial charge in [-0.05, 0) is 26.3 Å². The summed E-state index contributed by atoms with van der Waals surface area (Å²) >= 11 is 0. The molecule has 0 saturated heterocycles. The molecule has 0 spiro atoms. The minimum absolute atomic E-state index is 0.320. The summed E-state index contributed by atoms with van der Waals surface area (Å²) in [4.78, 5) is 0. The zero-order valence-corrected chi connectivity index (χ0v) is 10.8. The molecule has 0 bridgehead atoms. The highest BCUT2D eigenvalue weighted by Crippen LogP contribution is 2.13. The third kappa shape index (κ3) is 3.42. The van der Waals surface area contributed by atoms with Crippen molar-refractivity contribution in [2.75, 3.05) is 0 Å². The van der Waals surface area contributed by atoms with Crippen molar-refractivity contribution in [3.63, 3.8) is 0 Å². The first-order valence-electron chi connectivity index (χ1n) is 5.12. The van der Waals surface area contributed by atoms with Crippen molar-refractivity contribution in [3.8, 4) is 0 Å². The average molecular weight is 235 g/mol. The Morgan fingerprint density at radius 1 is 1.25 bits per heavy atom. The molecular weight excluding hydrogens is 218 g/mol. The zero-order valence-electron chi connectivity index (χ0n) is 9.93. The van der Waals surface area contributed by atoms with Crippen molar-refractivity contribution in [1.29, 1.82) is 0 Å². The van der Waals surface area contributed by atoms with Gasteiger partial charge in [-0.25, -0.2) is 4.21 Å². The van der Waals surface area contributed by atoms with Crippen LogP contribution in [-0.2, 0) is 11.0 Å². The molecule has 1 aromatic carbocycles. The molecule has 0 saturated carbocycles. The third-order valence-corrected chi connectivity index (χ3v) is 3.37. The Morgan fingerprint density at radius 3 is 2.31 bits per heavy atom. The van der Waals surface area contributed by atoms with Crippen LogP contribution in [-0.4, -0.2) is 15.2 Å². The summed E-state index contributed by atoms with van der Waals surface area (Å²) in [7, 11) is -1.21. The number of benzene rings is 1. The summed E-state index contributed by atoms with van der Waals surface area (Å²) in [5, 5.41) is 0. The summed E-state index contributed by atoms with van der Waals surface area (Å²) in [6.45, 7) is 9.44. The molecule has 3 heteroatoms. The molecule has 0 aromatic heterocycles. The fraction of sp³-hybridized carbons (Fsp3) is 0.308. The standard InChI is InChI=1S/C13H17NOS/c1-5-11-8-6-7-9-12(11)10-14-16(15)13(2,3)4/h5-10H,1H2,2-4H3/b14-10+. The summed E-state index contributed by atoms with van der Waals surface area (Å²) in [5.74, 6) is 0. The van der Waals surface area contributed by atoms with Crippen LogP contribution >= 0.6 is 0 Å². The van der Waals surface area contributed by atoms with Gasteiger partial charge >= 0.3 is 0 Å². The van der Waals surface area contributed by atoms with Gasteiger partial charge in [0.15, 0.2) is 0 Å². The van der Waals surface area contributed by atoms with Crippen molar-refractivity contribution in [2.45, 2.75) is 25.5 Å². The number of rotatable bonds is 3. The van der Waals surface area contributed by atoms with Gasteiger partial charge in [0.2, 0.25) is 0 Å². The van der Waals surface area contributed by atoms with Gasteiger partial charge in [-0.2, -0.15) is 4.40 Å². The van der Waals surface area contributed by atoms with Crippen LogP contribution in [0.15, 0.2) is 35.2 Å². The van der Waals surface area contributed by atoms with E-state index in [0.29, 0.717) is 0 Å². The van der Waals surface area contributed by atoms with Crippen LogP contribution in [0, 0.1) is 0 Å². The van der Waals surface area contributed by atoms with Crippen molar-refractivity contribution in [2.24, 2.45) is 4.40 Å². The number of nitrogens with zero attached hydrogens (tertiary/aromatic N) is 1. The molecule has 1 aromatic rings. The summed E-state index contributed by atoms with van der Waals surface area (Å²) in [6, 6.07) is 7.75. The lowest BCUT2D eigenvalue weighted by Gasteiger charge is -2.12. The van der Waals surface area contributed by atoms with Crippen molar-refractivity contribution >= 4 is 23.3 Å². The summed E-state index contributed by atoms with van der Waals surface area (Å²) in [5.41, 5.74) is 1.94. The van der Waals surface area contributed by atoms with E-state index in [4.69, 9.17) is 0 Å². The monoisotopic (exact) mass is 235 g/mol. The Balaban J connectivity index is 2.93. The van der Waals surface area contributed by atoms with E-state index in [-0.39, 0.29) is 4.75 Å². The van der Waals surface area contributed by atoms with Gasteiger partial charge < -0.3 is 0 Å². The maximum atomic E-state index is 11.7. The lowest BCUT2D eigenvalue weighted by Crippen LogP contribution is -2.19. The third-order valence-electron chi connectivity index (χ3n) is 2.03. The van der Waals surface area contributed by atoms with Gasteiger partial charge in [0.05, 0.1) is 4.75 Å². The van der Waals surface area contributed by atoms with E-state index in [1.54, 1.807) is 12.3 Å². The van der Waals surface area contributed by atoms with Crippen LogP contribution in [0.1, 0.15) is 31.9 Å². The van der Waals surface area contributed by atoms with E-state index in [0.717, 1.165) is 11.1 Å². The van der Waals surface area contributed by atoms with Gasteiger partial charge in [-0.3, -0.25) is 0 Å². The molecule has 1 atom stereocenters. The molecule has 0 aliphatic carbocycles. The molecular formula is C13H17NOS. The highest BCUT2D eigenvalue weighted by Gasteiger charge is 2.18. The molecule has 0 N–H and O–H groups in total. The molecule has 2 nitrogen and oxygen atoms in total.